The predicted octanol–water partition coefficient (Wildman–Crippen LogP) is 4.08. The Kier molecular flexibility index (Phi) is 3.79. The largest absolute Gasteiger partial charge is 0.310 e. The summed E-state index contributed by atoms with van der Waals surface area (Å²) >= 11 is 0. The highest BCUT2D eigenvalue weighted by Crippen LogP contribution is 2.39. The number of nitrogens with zero attached hydrogens (tertiary/aromatic N) is 1. The van der Waals surface area contributed by atoms with Crippen LogP contribution < -0.4 is 5.32 Å². The van der Waals surface area contributed by atoms with Crippen LogP contribution in [-0.4, -0.2) is 11.5 Å². The molecule has 1 aromatic carbocycles. The van der Waals surface area contributed by atoms with E-state index >= 15 is 0 Å². The van der Waals surface area contributed by atoms with Crippen molar-refractivity contribution in [2.45, 2.75) is 38.6 Å². The second-order valence-corrected chi connectivity index (χ2v) is 5.63. The van der Waals surface area contributed by atoms with Crippen LogP contribution in [0.25, 0.3) is 10.8 Å². The van der Waals surface area contributed by atoms with Gasteiger partial charge in [-0.1, -0.05) is 38.0 Å². The lowest BCUT2D eigenvalue weighted by atomic mass is 9.96. The number of rotatable bonds is 6. The summed E-state index contributed by atoms with van der Waals surface area (Å²) in [6.45, 7) is 3.33. The minimum absolute atomic E-state index is 0.499. The summed E-state index contributed by atoms with van der Waals surface area (Å²) in [6.07, 6.45) is 9.16. The fourth-order valence-electron chi connectivity index (χ4n) is 2.78. The van der Waals surface area contributed by atoms with Crippen molar-refractivity contribution in [3.05, 3.63) is 42.2 Å². The third kappa shape index (κ3) is 2.95. The molecular formula is C17H22N2. The van der Waals surface area contributed by atoms with Gasteiger partial charge in [0, 0.05) is 23.8 Å². The maximum atomic E-state index is 4.23. The summed E-state index contributed by atoms with van der Waals surface area (Å²) in [4.78, 5) is 4.23. The van der Waals surface area contributed by atoms with Gasteiger partial charge in [0.15, 0.2) is 0 Å². The summed E-state index contributed by atoms with van der Waals surface area (Å²) in [5.41, 5.74) is 1.44. The molecular weight excluding hydrogens is 232 g/mol. The van der Waals surface area contributed by atoms with Crippen molar-refractivity contribution in [1.29, 1.82) is 0 Å². The van der Waals surface area contributed by atoms with E-state index in [0.717, 1.165) is 12.5 Å². The van der Waals surface area contributed by atoms with Gasteiger partial charge in [-0.15, -0.1) is 0 Å². The summed E-state index contributed by atoms with van der Waals surface area (Å²) in [5.74, 6) is 0.937. The van der Waals surface area contributed by atoms with Gasteiger partial charge in [-0.25, -0.2) is 0 Å². The van der Waals surface area contributed by atoms with Gasteiger partial charge in [0.25, 0.3) is 0 Å². The Hall–Kier alpha value is -1.41. The molecule has 1 aliphatic rings. The molecule has 1 heterocycles. The van der Waals surface area contributed by atoms with Gasteiger partial charge < -0.3 is 5.32 Å². The first-order valence-corrected chi connectivity index (χ1v) is 7.44. The number of benzene rings is 1. The predicted molar refractivity (Wildman–Crippen MR) is 80.1 cm³/mol. The maximum absolute atomic E-state index is 4.23. The Balaban J connectivity index is 1.93. The van der Waals surface area contributed by atoms with Crippen LogP contribution in [0.4, 0.5) is 0 Å². The van der Waals surface area contributed by atoms with Gasteiger partial charge in [0.1, 0.15) is 0 Å². The van der Waals surface area contributed by atoms with E-state index in [9.17, 15) is 0 Å². The van der Waals surface area contributed by atoms with Crippen LogP contribution >= 0.6 is 0 Å². The quantitative estimate of drug-likeness (QED) is 0.840. The van der Waals surface area contributed by atoms with Crippen molar-refractivity contribution in [1.82, 2.24) is 10.3 Å². The second kappa shape index (κ2) is 5.70. The number of hydrogen-bond donors (Lipinski definition) is 1. The molecule has 1 saturated carbocycles. The molecule has 0 radical (unpaired) electrons. The molecule has 2 aromatic rings. The monoisotopic (exact) mass is 254 g/mol. The van der Waals surface area contributed by atoms with Crippen molar-refractivity contribution in [3.63, 3.8) is 0 Å². The highest BCUT2D eigenvalue weighted by Gasteiger charge is 2.26. The standard InChI is InChI=1S/C17H22N2/c1-2-9-19-17(11-13-6-7-13)16-5-3-4-14-12-18-10-8-15(14)16/h3-5,8,10,12-13,17,19H,2,6-7,9,11H2,1H3. The minimum atomic E-state index is 0.499. The van der Waals surface area contributed by atoms with E-state index in [1.54, 1.807) is 0 Å². The molecule has 2 heteroatoms. The zero-order chi connectivity index (χ0) is 13.1. The zero-order valence-electron chi connectivity index (χ0n) is 11.6. The van der Waals surface area contributed by atoms with Gasteiger partial charge in [-0.05, 0) is 42.3 Å². The van der Waals surface area contributed by atoms with Gasteiger partial charge in [0.05, 0.1) is 0 Å². The van der Waals surface area contributed by atoms with Crippen molar-refractivity contribution in [2.24, 2.45) is 5.92 Å². The molecule has 0 saturated heterocycles. The average molecular weight is 254 g/mol. The number of hydrogen-bond acceptors (Lipinski definition) is 2. The molecule has 1 fully saturated rings. The smallest absolute Gasteiger partial charge is 0.0346 e. The molecule has 0 bridgehead atoms. The van der Waals surface area contributed by atoms with Crippen LogP contribution in [0.1, 0.15) is 44.2 Å². The van der Waals surface area contributed by atoms with Crippen molar-refractivity contribution in [2.75, 3.05) is 6.54 Å². The normalized spacial score (nSPS) is 16.7. The summed E-state index contributed by atoms with van der Waals surface area (Å²) < 4.78 is 0. The Labute approximate surface area is 115 Å². The van der Waals surface area contributed by atoms with E-state index in [-0.39, 0.29) is 0 Å². The first kappa shape index (κ1) is 12.6. The first-order valence-electron chi connectivity index (χ1n) is 7.44. The molecule has 1 aromatic heterocycles. The fourth-order valence-corrected chi connectivity index (χ4v) is 2.78. The van der Waals surface area contributed by atoms with Crippen LogP contribution in [0.5, 0.6) is 0 Å². The highest BCUT2D eigenvalue weighted by molar-refractivity contribution is 5.85. The van der Waals surface area contributed by atoms with Crippen LogP contribution in [-0.2, 0) is 0 Å². The Morgan fingerprint density at radius 2 is 2.21 bits per heavy atom. The molecule has 0 amide bonds. The van der Waals surface area contributed by atoms with E-state index in [2.05, 4.69) is 41.5 Å². The second-order valence-electron chi connectivity index (χ2n) is 5.63. The lowest BCUT2D eigenvalue weighted by molar-refractivity contribution is 0.476. The van der Waals surface area contributed by atoms with Crippen molar-refractivity contribution < 1.29 is 0 Å². The van der Waals surface area contributed by atoms with E-state index in [0.29, 0.717) is 6.04 Å². The topological polar surface area (TPSA) is 24.9 Å². The molecule has 1 unspecified atom stereocenters. The van der Waals surface area contributed by atoms with E-state index in [4.69, 9.17) is 0 Å². The zero-order valence-corrected chi connectivity index (χ0v) is 11.6. The molecule has 19 heavy (non-hydrogen) atoms. The van der Waals surface area contributed by atoms with E-state index in [1.807, 2.05) is 12.4 Å². The Morgan fingerprint density at radius 3 is 3.00 bits per heavy atom. The SMILES string of the molecule is CCCNC(CC1CC1)c1cccc2cnccc12. The summed E-state index contributed by atoms with van der Waals surface area (Å²) in [7, 11) is 0. The Morgan fingerprint density at radius 1 is 1.32 bits per heavy atom. The lowest BCUT2D eigenvalue weighted by Crippen LogP contribution is -2.22. The molecule has 100 valence electrons. The number of pyridine rings is 1. The van der Waals surface area contributed by atoms with Crippen molar-refractivity contribution >= 4 is 10.8 Å². The minimum Gasteiger partial charge on any atom is -0.310 e. The Bertz CT molecular complexity index is 540. The number of aromatic nitrogens is 1. The van der Waals surface area contributed by atoms with Crippen LogP contribution in [0, 0.1) is 5.92 Å². The van der Waals surface area contributed by atoms with Gasteiger partial charge >= 0.3 is 0 Å². The van der Waals surface area contributed by atoms with Crippen LogP contribution in [0.3, 0.4) is 0 Å². The molecule has 0 spiro atoms. The number of nitrogens with one attached hydrogen (secondary N) is 1. The van der Waals surface area contributed by atoms with Crippen LogP contribution in [0.15, 0.2) is 36.7 Å². The third-order valence-corrected chi connectivity index (χ3v) is 4.00. The highest BCUT2D eigenvalue weighted by atomic mass is 14.9. The van der Waals surface area contributed by atoms with Gasteiger partial charge in [-0.2, -0.15) is 0 Å². The third-order valence-electron chi connectivity index (χ3n) is 4.00. The molecule has 1 aliphatic carbocycles. The first-order chi connectivity index (χ1) is 9.38. The number of fused-ring (bicyclic) bond motifs is 1. The van der Waals surface area contributed by atoms with Crippen molar-refractivity contribution in [3.8, 4) is 0 Å². The van der Waals surface area contributed by atoms with Crippen LogP contribution in [0.2, 0.25) is 0 Å². The maximum Gasteiger partial charge on any atom is 0.0346 e. The molecule has 0 aliphatic heterocycles. The summed E-state index contributed by atoms with van der Waals surface area (Å²) in [6, 6.07) is 9.24. The van der Waals surface area contributed by atoms with E-state index in [1.165, 1.54) is 42.0 Å². The molecule has 1 N–H and O–H groups in total. The van der Waals surface area contributed by atoms with E-state index < -0.39 is 0 Å². The van der Waals surface area contributed by atoms with Gasteiger partial charge in [0.2, 0.25) is 0 Å². The molecule has 3 rings (SSSR count). The molecule has 1 atom stereocenters. The fraction of sp³-hybridized carbons (Fsp3) is 0.471. The molecule has 2 nitrogen and oxygen atoms in total. The van der Waals surface area contributed by atoms with Gasteiger partial charge in [-0.3, -0.25) is 4.98 Å². The summed E-state index contributed by atoms with van der Waals surface area (Å²) in [5, 5.41) is 6.33. The average Bonchev–Trinajstić information content (AvgIpc) is 3.27. The lowest BCUT2D eigenvalue weighted by Gasteiger charge is -2.20.